The standard InChI is InChI=1S/C12H23NO/c1-2-13-8-5-11(10-13)9-12(14)6-3-4-7-12/h11,14H,2-10H2,1H3. The molecule has 0 spiro atoms. The van der Waals surface area contributed by atoms with Crippen LogP contribution in [0.15, 0.2) is 0 Å². The lowest BCUT2D eigenvalue weighted by atomic mass is 9.88. The van der Waals surface area contributed by atoms with E-state index in [2.05, 4.69) is 11.8 Å². The zero-order valence-corrected chi connectivity index (χ0v) is 9.34. The summed E-state index contributed by atoms with van der Waals surface area (Å²) in [6.07, 6.45) is 6.94. The van der Waals surface area contributed by atoms with E-state index in [0.717, 1.165) is 25.2 Å². The van der Waals surface area contributed by atoms with Gasteiger partial charge in [-0.05, 0) is 44.7 Å². The zero-order valence-electron chi connectivity index (χ0n) is 9.34. The van der Waals surface area contributed by atoms with Crippen LogP contribution in [0.5, 0.6) is 0 Å². The molecule has 2 rings (SSSR count). The first kappa shape index (κ1) is 10.4. The summed E-state index contributed by atoms with van der Waals surface area (Å²) in [6, 6.07) is 0. The molecule has 1 aliphatic heterocycles. The molecule has 1 saturated heterocycles. The van der Waals surface area contributed by atoms with E-state index in [4.69, 9.17) is 0 Å². The number of likely N-dealkylation sites (tertiary alicyclic amines) is 1. The van der Waals surface area contributed by atoms with Crippen molar-refractivity contribution in [2.75, 3.05) is 19.6 Å². The molecule has 1 aliphatic carbocycles. The average molecular weight is 197 g/mol. The summed E-state index contributed by atoms with van der Waals surface area (Å²) in [5.41, 5.74) is -0.283. The molecule has 2 fully saturated rings. The van der Waals surface area contributed by atoms with Gasteiger partial charge >= 0.3 is 0 Å². The van der Waals surface area contributed by atoms with Gasteiger partial charge in [0.05, 0.1) is 5.60 Å². The van der Waals surface area contributed by atoms with Crippen LogP contribution in [0.4, 0.5) is 0 Å². The monoisotopic (exact) mass is 197 g/mol. The third-order valence-corrected chi connectivity index (χ3v) is 4.02. The predicted octanol–water partition coefficient (Wildman–Crippen LogP) is 2.02. The van der Waals surface area contributed by atoms with Gasteiger partial charge in [0.1, 0.15) is 0 Å². The van der Waals surface area contributed by atoms with Gasteiger partial charge in [0.2, 0.25) is 0 Å². The summed E-state index contributed by atoms with van der Waals surface area (Å²) in [5, 5.41) is 10.3. The van der Waals surface area contributed by atoms with Crippen molar-refractivity contribution >= 4 is 0 Å². The first-order valence-electron chi connectivity index (χ1n) is 6.16. The van der Waals surface area contributed by atoms with Gasteiger partial charge in [-0.2, -0.15) is 0 Å². The van der Waals surface area contributed by atoms with Crippen LogP contribution < -0.4 is 0 Å². The molecule has 0 aromatic rings. The average Bonchev–Trinajstić information content (AvgIpc) is 2.75. The Bertz CT molecular complexity index is 187. The van der Waals surface area contributed by atoms with Crippen molar-refractivity contribution in [2.45, 2.75) is 51.0 Å². The maximum absolute atomic E-state index is 10.3. The van der Waals surface area contributed by atoms with Gasteiger partial charge in [-0.15, -0.1) is 0 Å². The van der Waals surface area contributed by atoms with Crippen molar-refractivity contribution in [2.24, 2.45) is 5.92 Å². The summed E-state index contributed by atoms with van der Waals surface area (Å²) >= 11 is 0. The minimum atomic E-state index is -0.283. The van der Waals surface area contributed by atoms with Gasteiger partial charge in [0.25, 0.3) is 0 Å². The molecule has 2 aliphatic rings. The number of hydrogen-bond acceptors (Lipinski definition) is 2. The van der Waals surface area contributed by atoms with Crippen LogP contribution in [0.2, 0.25) is 0 Å². The van der Waals surface area contributed by atoms with Gasteiger partial charge in [-0.25, -0.2) is 0 Å². The molecule has 1 heterocycles. The van der Waals surface area contributed by atoms with Crippen LogP contribution in [-0.2, 0) is 0 Å². The van der Waals surface area contributed by atoms with Crippen molar-refractivity contribution in [3.8, 4) is 0 Å². The zero-order chi connectivity index (χ0) is 10.0. The fourth-order valence-electron chi connectivity index (χ4n) is 3.14. The van der Waals surface area contributed by atoms with Crippen molar-refractivity contribution in [3.63, 3.8) is 0 Å². The summed E-state index contributed by atoms with van der Waals surface area (Å²) in [6.45, 7) is 5.87. The molecule has 0 amide bonds. The highest BCUT2D eigenvalue weighted by Gasteiger charge is 2.35. The molecule has 0 aromatic carbocycles. The second kappa shape index (κ2) is 4.19. The SMILES string of the molecule is CCN1CCC(CC2(O)CCCC2)C1. The van der Waals surface area contributed by atoms with Gasteiger partial charge in [0.15, 0.2) is 0 Å². The Labute approximate surface area is 87.3 Å². The highest BCUT2D eigenvalue weighted by molar-refractivity contribution is 4.89. The molecule has 1 unspecified atom stereocenters. The van der Waals surface area contributed by atoms with Crippen molar-refractivity contribution in [1.82, 2.24) is 4.90 Å². The Kier molecular flexibility index (Phi) is 3.13. The smallest absolute Gasteiger partial charge is 0.0651 e. The largest absolute Gasteiger partial charge is 0.390 e. The van der Waals surface area contributed by atoms with E-state index in [1.807, 2.05) is 0 Å². The molecule has 1 saturated carbocycles. The topological polar surface area (TPSA) is 23.5 Å². The van der Waals surface area contributed by atoms with Crippen molar-refractivity contribution in [3.05, 3.63) is 0 Å². The van der Waals surface area contributed by atoms with E-state index in [-0.39, 0.29) is 5.60 Å². The fraction of sp³-hybridized carbons (Fsp3) is 1.00. The number of hydrogen-bond donors (Lipinski definition) is 1. The normalized spacial score (nSPS) is 32.6. The van der Waals surface area contributed by atoms with Crippen LogP contribution in [0.3, 0.4) is 0 Å². The number of rotatable bonds is 3. The molecular weight excluding hydrogens is 174 g/mol. The first-order valence-corrected chi connectivity index (χ1v) is 6.16. The quantitative estimate of drug-likeness (QED) is 0.748. The minimum absolute atomic E-state index is 0.283. The van der Waals surface area contributed by atoms with E-state index in [9.17, 15) is 5.11 Å². The highest BCUT2D eigenvalue weighted by atomic mass is 16.3. The highest BCUT2D eigenvalue weighted by Crippen LogP contribution is 2.37. The minimum Gasteiger partial charge on any atom is -0.390 e. The van der Waals surface area contributed by atoms with E-state index < -0.39 is 0 Å². The molecule has 1 atom stereocenters. The lowest BCUT2D eigenvalue weighted by Crippen LogP contribution is -2.29. The molecule has 2 heteroatoms. The van der Waals surface area contributed by atoms with Crippen LogP contribution in [-0.4, -0.2) is 35.2 Å². The molecule has 2 nitrogen and oxygen atoms in total. The Balaban J connectivity index is 1.80. The fourth-order valence-corrected chi connectivity index (χ4v) is 3.14. The van der Waals surface area contributed by atoms with E-state index in [1.54, 1.807) is 0 Å². The number of nitrogens with zero attached hydrogens (tertiary/aromatic N) is 1. The second-order valence-electron chi connectivity index (χ2n) is 5.18. The van der Waals surface area contributed by atoms with Gasteiger partial charge in [0, 0.05) is 6.54 Å². The lowest BCUT2D eigenvalue weighted by Gasteiger charge is -2.25. The van der Waals surface area contributed by atoms with E-state index >= 15 is 0 Å². The Morgan fingerprint density at radius 2 is 2.07 bits per heavy atom. The Hall–Kier alpha value is -0.0800. The van der Waals surface area contributed by atoms with Crippen LogP contribution in [0.1, 0.15) is 45.4 Å². The lowest BCUT2D eigenvalue weighted by molar-refractivity contribution is 0.0233. The van der Waals surface area contributed by atoms with Gasteiger partial charge in [-0.1, -0.05) is 19.8 Å². The molecule has 82 valence electrons. The third kappa shape index (κ3) is 2.29. The van der Waals surface area contributed by atoms with Crippen molar-refractivity contribution < 1.29 is 5.11 Å². The van der Waals surface area contributed by atoms with E-state index in [1.165, 1.54) is 38.9 Å². The molecule has 14 heavy (non-hydrogen) atoms. The Morgan fingerprint density at radius 3 is 2.64 bits per heavy atom. The maximum atomic E-state index is 10.3. The predicted molar refractivity (Wildman–Crippen MR) is 58.3 cm³/mol. The summed E-state index contributed by atoms with van der Waals surface area (Å²) in [5.74, 6) is 0.762. The first-order chi connectivity index (χ1) is 6.72. The van der Waals surface area contributed by atoms with Gasteiger partial charge < -0.3 is 10.0 Å². The summed E-state index contributed by atoms with van der Waals surface area (Å²) < 4.78 is 0. The molecule has 0 bridgehead atoms. The van der Waals surface area contributed by atoms with Crippen molar-refractivity contribution in [1.29, 1.82) is 0 Å². The Morgan fingerprint density at radius 1 is 1.36 bits per heavy atom. The third-order valence-electron chi connectivity index (χ3n) is 4.02. The molecule has 0 aromatic heterocycles. The van der Waals surface area contributed by atoms with Crippen LogP contribution in [0, 0.1) is 5.92 Å². The molecule has 0 radical (unpaired) electrons. The molecular formula is C12H23NO. The number of aliphatic hydroxyl groups is 1. The van der Waals surface area contributed by atoms with Crippen LogP contribution >= 0.6 is 0 Å². The van der Waals surface area contributed by atoms with Gasteiger partial charge in [-0.3, -0.25) is 0 Å². The second-order valence-corrected chi connectivity index (χ2v) is 5.18. The summed E-state index contributed by atoms with van der Waals surface area (Å²) in [4.78, 5) is 2.50. The molecule has 1 N–H and O–H groups in total. The maximum Gasteiger partial charge on any atom is 0.0651 e. The van der Waals surface area contributed by atoms with E-state index in [0.29, 0.717) is 0 Å². The van der Waals surface area contributed by atoms with Crippen LogP contribution in [0.25, 0.3) is 0 Å². The summed E-state index contributed by atoms with van der Waals surface area (Å²) in [7, 11) is 0.